The molecule has 9 nitrogen and oxygen atoms in total. The fraction of sp³-hybridized carbons (Fsp3) is 0.367. The van der Waals surface area contributed by atoms with Gasteiger partial charge in [-0.3, -0.25) is 4.90 Å². The molecule has 200 valence electrons. The fourth-order valence-corrected chi connectivity index (χ4v) is 4.69. The van der Waals surface area contributed by atoms with Gasteiger partial charge in [-0.1, -0.05) is 26.3 Å². The first kappa shape index (κ1) is 27.6. The number of nitrogens with one attached hydrogen (secondary N) is 1. The van der Waals surface area contributed by atoms with E-state index >= 15 is 0 Å². The highest BCUT2D eigenvalue weighted by molar-refractivity contribution is 5.95. The van der Waals surface area contributed by atoms with Gasteiger partial charge in [-0.25, -0.2) is 14.8 Å². The summed E-state index contributed by atoms with van der Waals surface area (Å²) in [6.45, 7) is 9.24. The summed E-state index contributed by atoms with van der Waals surface area (Å²) >= 11 is 0. The fourth-order valence-electron chi connectivity index (χ4n) is 4.69. The van der Waals surface area contributed by atoms with Crippen molar-refractivity contribution in [3.63, 3.8) is 0 Å². The standard InChI is InChI=1S/C30H32N6O3/c1-6-7-20-9-8-19(15-31)12-25(20)35-27-33-11-10-24(34-27)21-13-22(16-32)26-23(14-21)30(5,18-37)17-36(26)28(38)39-29(2,3)4/h8-14,37H,6-7,17-18H2,1-5H3,(H,33,34,35)/t30-/m1/s1. The third-order valence-electron chi connectivity index (χ3n) is 6.58. The number of hydrogen-bond acceptors (Lipinski definition) is 8. The predicted octanol–water partition coefficient (Wildman–Crippen LogP) is 5.59. The number of amides is 1. The Kier molecular flexibility index (Phi) is 7.58. The number of aryl methyl sites for hydroxylation is 1. The molecule has 0 spiro atoms. The van der Waals surface area contributed by atoms with E-state index in [9.17, 15) is 20.4 Å². The number of benzene rings is 2. The summed E-state index contributed by atoms with van der Waals surface area (Å²) in [7, 11) is 0. The van der Waals surface area contributed by atoms with Crippen molar-refractivity contribution in [2.24, 2.45) is 0 Å². The van der Waals surface area contributed by atoms with Gasteiger partial charge in [0.2, 0.25) is 5.95 Å². The number of nitriles is 2. The van der Waals surface area contributed by atoms with Gasteiger partial charge in [-0.15, -0.1) is 0 Å². The van der Waals surface area contributed by atoms with Gasteiger partial charge < -0.3 is 15.2 Å². The van der Waals surface area contributed by atoms with E-state index in [0.717, 1.165) is 24.1 Å². The van der Waals surface area contributed by atoms with Crippen LogP contribution in [0.3, 0.4) is 0 Å². The lowest BCUT2D eigenvalue weighted by atomic mass is 9.83. The van der Waals surface area contributed by atoms with Crippen molar-refractivity contribution in [1.29, 1.82) is 10.5 Å². The first-order valence-electron chi connectivity index (χ1n) is 12.9. The third-order valence-corrected chi connectivity index (χ3v) is 6.58. The van der Waals surface area contributed by atoms with E-state index in [2.05, 4.69) is 34.3 Å². The van der Waals surface area contributed by atoms with Crippen molar-refractivity contribution in [2.45, 2.75) is 58.5 Å². The van der Waals surface area contributed by atoms with E-state index < -0.39 is 17.1 Å². The second-order valence-electron chi connectivity index (χ2n) is 10.9. The number of hydrogen-bond donors (Lipinski definition) is 2. The Hall–Kier alpha value is -4.47. The minimum atomic E-state index is -0.797. The van der Waals surface area contributed by atoms with E-state index in [4.69, 9.17) is 4.74 Å². The summed E-state index contributed by atoms with van der Waals surface area (Å²) < 4.78 is 5.59. The minimum absolute atomic E-state index is 0.178. The topological polar surface area (TPSA) is 135 Å². The van der Waals surface area contributed by atoms with Crippen LogP contribution in [0.5, 0.6) is 0 Å². The molecule has 0 saturated heterocycles. The maximum atomic E-state index is 13.1. The lowest BCUT2D eigenvalue weighted by Gasteiger charge is -2.26. The molecule has 0 unspecified atom stereocenters. The quantitative estimate of drug-likeness (QED) is 0.426. The number of carbonyl (C=O) groups excluding carboxylic acids is 1. The molecule has 39 heavy (non-hydrogen) atoms. The molecule has 9 heteroatoms. The van der Waals surface area contributed by atoms with E-state index in [-0.39, 0.29) is 18.7 Å². The highest BCUT2D eigenvalue weighted by Gasteiger charge is 2.44. The molecular formula is C30H32N6O3. The maximum absolute atomic E-state index is 13.1. The van der Waals surface area contributed by atoms with E-state index in [1.54, 1.807) is 51.2 Å². The molecule has 2 heterocycles. The number of fused-ring (bicyclic) bond motifs is 1. The zero-order chi connectivity index (χ0) is 28.4. The Morgan fingerprint density at radius 1 is 1.21 bits per heavy atom. The molecule has 2 N–H and O–H groups in total. The first-order valence-corrected chi connectivity index (χ1v) is 12.9. The molecule has 2 aromatic carbocycles. The van der Waals surface area contributed by atoms with Crippen LogP contribution in [0.25, 0.3) is 11.3 Å². The summed E-state index contributed by atoms with van der Waals surface area (Å²) in [5.74, 6) is 0.347. The molecular weight excluding hydrogens is 492 g/mol. The summed E-state index contributed by atoms with van der Waals surface area (Å²) in [5, 5.41) is 33.0. The van der Waals surface area contributed by atoms with Crippen molar-refractivity contribution in [3.05, 3.63) is 64.8 Å². The molecule has 0 fully saturated rings. The van der Waals surface area contributed by atoms with Crippen molar-refractivity contribution in [3.8, 4) is 23.4 Å². The number of carbonyl (C=O) groups is 1. The van der Waals surface area contributed by atoms with Crippen LogP contribution >= 0.6 is 0 Å². The van der Waals surface area contributed by atoms with E-state index in [1.807, 2.05) is 19.1 Å². The van der Waals surface area contributed by atoms with Crippen LogP contribution in [0.4, 0.5) is 22.1 Å². The van der Waals surface area contributed by atoms with E-state index in [1.165, 1.54) is 4.90 Å². The average molecular weight is 525 g/mol. The lowest BCUT2D eigenvalue weighted by Crippen LogP contribution is -2.40. The van der Waals surface area contributed by atoms with Crippen molar-refractivity contribution >= 4 is 23.4 Å². The monoisotopic (exact) mass is 524 g/mol. The Morgan fingerprint density at radius 2 is 1.97 bits per heavy atom. The molecule has 1 atom stereocenters. The molecule has 0 aliphatic carbocycles. The van der Waals surface area contributed by atoms with Gasteiger partial charge >= 0.3 is 6.09 Å². The van der Waals surface area contributed by atoms with Gasteiger partial charge in [0, 0.05) is 29.4 Å². The number of nitrogens with zero attached hydrogens (tertiary/aromatic N) is 5. The average Bonchev–Trinajstić information content (AvgIpc) is 3.22. The largest absolute Gasteiger partial charge is 0.443 e. The minimum Gasteiger partial charge on any atom is -0.443 e. The highest BCUT2D eigenvalue weighted by Crippen LogP contribution is 2.45. The Morgan fingerprint density at radius 3 is 2.62 bits per heavy atom. The Bertz CT molecular complexity index is 1500. The van der Waals surface area contributed by atoms with Gasteiger partial charge in [-0.05, 0) is 68.7 Å². The second kappa shape index (κ2) is 10.7. The van der Waals surface area contributed by atoms with Crippen LogP contribution in [0.1, 0.15) is 63.3 Å². The van der Waals surface area contributed by atoms with Gasteiger partial charge in [0.05, 0.1) is 35.2 Å². The molecule has 4 rings (SSSR count). The third kappa shape index (κ3) is 5.69. The molecule has 3 aromatic rings. The second-order valence-corrected chi connectivity index (χ2v) is 10.9. The van der Waals surface area contributed by atoms with Crippen LogP contribution < -0.4 is 10.2 Å². The molecule has 0 bridgehead atoms. The van der Waals surface area contributed by atoms with Gasteiger partial charge in [-0.2, -0.15) is 10.5 Å². The molecule has 0 saturated carbocycles. The molecule has 0 radical (unpaired) electrons. The summed E-state index contributed by atoms with van der Waals surface area (Å²) in [6, 6.07) is 15.2. The summed E-state index contributed by atoms with van der Waals surface area (Å²) in [5.41, 5.74) is 3.45. The lowest BCUT2D eigenvalue weighted by molar-refractivity contribution is 0.0575. The van der Waals surface area contributed by atoms with Crippen LogP contribution in [0.2, 0.25) is 0 Å². The molecule has 1 aliphatic rings. The van der Waals surface area contributed by atoms with Gasteiger partial charge in [0.25, 0.3) is 0 Å². The van der Waals surface area contributed by atoms with Crippen LogP contribution in [-0.2, 0) is 16.6 Å². The van der Waals surface area contributed by atoms with Crippen LogP contribution in [0, 0.1) is 22.7 Å². The number of ether oxygens (including phenoxy) is 1. The van der Waals surface area contributed by atoms with Gasteiger partial charge in [0.15, 0.2) is 0 Å². The SMILES string of the molecule is CCCc1ccc(C#N)cc1Nc1nccc(-c2cc(C#N)c3c(c2)[C@@](C)(CO)CN3C(=O)OC(C)(C)C)n1. The maximum Gasteiger partial charge on any atom is 0.414 e. The van der Waals surface area contributed by atoms with E-state index in [0.29, 0.717) is 34.0 Å². The summed E-state index contributed by atoms with van der Waals surface area (Å²) in [6.07, 6.45) is 2.83. The molecule has 1 aromatic heterocycles. The first-order chi connectivity index (χ1) is 18.5. The van der Waals surface area contributed by atoms with Crippen LogP contribution in [-0.4, -0.2) is 39.9 Å². The smallest absolute Gasteiger partial charge is 0.414 e. The highest BCUT2D eigenvalue weighted by atomic mass is 16.6. The van der Waals surface area contributed by atoms with Crippen molar-refractivity contribution in [1.82, 2.24) is 9.97 Å². The Balaban J connectivity index is 1.76. The van der Waals surface area contributed by atoms with Crippen molar-refractivity contribution < 1.29 is 14.6 Å². The molecule has 1 aliphatic heterocycles. The number of anilines is 3. The number of aliphatic hydroxyl groups excluding tert-OH is 1. The summed E-state index contributed by atoms with van der Waals surface area (Å²) in [4.78, 5) is 23.5. The number of aliphatic hydroxyl groups is 1. The zero-order valence-electron chi connectivity index (χ0n) is 22.9. The van der Waals surface area contributed by atoms with Gasteiger partial charge in [0.1, 0.15) is 11.7 Å². The van der Waals surface area contributed by atoms with Crippen LogP contribution in [0.15, 0.2) is 42.6 Å². The predicted molar refractivity (Wildman–Crippen MR) is 149 cm³/mol. The van der Waals surface area contributed by atoms with Crippen molar-refractivity contribution in [2.75, 3.05) is 23.4 Å². The Labute approximate surface area is 228 Å². The number of aromatic nitrogens is 2. The normalized spacial score (nSPS) is 16.3. The number of rotatable bonds is 6. The molecule has 1 amide bonds. The zero-order valence-corrected chi connectivity index (χ0v) is 22.9.